The summed E-state index contributed by atoms with van der Waals surface area (Å²) in [5.41, 5.74) is 0.988. The van der Waals surface area contributed by atoms with Crippen LogP contribution in [0.2, 0.25) is 0 Å². The molecular weight excluding hydrogens is 316 g/mol. The van der Waals surface area contributed by atoms with Gasteiger partial charge in [-0.05, 0) is 12.1 Å². The molecule has 1 aliphatic heterocycles. The largest absolute Gasteiger partial charge is 0.353 e. The van der Waals surface area contributed by atoms with Gasteiger partial charge in [0.2, 0.25) is 5.89 Å². The fourth-order valence-electron chi connectivity index (χ4n) is 3.12. The van der Waals surface area contributed by atoms with Gasteiger partial charge in [0.25, 0.3) is 0 Å². The summed E-state index contributed by atoms with van der Waals surface area (Å²) in [6.07, 6.45) is 1.65. The number of nitrogens with zero attached hydrogens (tertiary/aromatic N) is 6. The highest BCUT2D eigenvalue weighted by molar-refractivity contribution is 5.89. The Hall–Kier alpha value is -2.54. The minimum absolute atomic E-state index is 0.292. The number of benzene rings is 1. The average molecular weight is 338 g/mol. The van der Waals surface area contributed by atoms with E-state index in [4.69, 9.17) is 4.52 Å². The maximum absolute atomic E-state index is 5.36. The van der Waals surface area contributed by atoms with Crippen LogP contribution >= 0.6 is 0 Å². The molecule has 0 saturated carbocycles. The lowest BCUT2D eigenvalue weighted by atomic mass is 10.2. The topological polar surface area (TPSA) is 71.2 Å². The Morgan fingerprint density at radius 1 is 1.08 bits per heavy atom. The first kappa shape index (κ1) is 16.0. The molecule has 0 amide bonds. The third kappa shape index (κ3) is 3.32. The number of aromatic nitrogens is 4. The minimum atomic E-state index is 0.292. The summed E-state index contributed by atoms with van der Waals surface area (Å²) in [6, 6.07) is 8.15. The summed E-state index contributed by atoms with van der Waals surface area (Å²) < 4.78 is 5.36. The minimum Gasteiger partial charge on any atom is -0.353 e. The second kappa shape index (κ2) is 6.76. The summed E-state index contributed by atoms with van der Waals surface area (Å²) in [5.74, 6) is 2.79. The lowest BCUT2D eigenvalue weighted by Crippen LogP contribution is -2.46. The highest BCUT2D eigenvalue weighted by Gasteiger charge is 2.21. The summed E-state index contributed by atoms with van der Waals surface area (Å²) in [7, 11) is 0. The van der Waals surface area contributed by atoms with Crippen LogP contribution < -0.4 is 4.90 Å². The first-order chi connectivity index (χ1) is 12.2. The zero-order chi connectivity index (χ0) is 17.2. The highest BCUT2D eigenvalue weighted by atomic mass is 16.5. The van der Waals surface area contributed by atoms with Crippen LogP contribution in [0.3, 0.4) is 0 Å². The van der Waals surface area contributed by atoms with Crippen molar-refractivity contribution in [2.45, 2.75) is 26.3 Å². The van der Waals surface area contributed by atoms with Crippen molar-refractivity contribution in [1.29, 1.82) is 0 Å². The van der Waals surface area contributed by atoms with Crippen molar-refractivity contribution in [3.05, 3.63) is 42.3 Å². The van der Waals surface area contributed by atoms with E-state index in [-0.39, 0.29) is 0 Å². The van der Waals surface area contributed by atoms with E-state index in [1.807, 2.05) is 18.2 Å². The maximum atomic E-state index is 5.36. The standard InChI is InChI=1S/C18H22N6O/c1-13(2)17-21-16(25-22-17)11-23-7-9-24(10-8-23)18-14-5-3-4-6-15(14)19-12-20-18/h3-6,12-13H,7-11H2,1-2H3. The fourth-order valence-corrected chi connectivity index (χ4v) is 3.12. The summed E-state index contributed by atoms with van der Waals surface area (Å²) in [5, 5.41) is 5.15. The van der Waals surface area contributed by atoms with Gasteiger partial charge in [-0.25, -0.2) is 9.97 Å². The molecular formula is C18H22N6O. The number of piperazine rings is 1. The lowest BCUT2D eigenvalue weighted by Gasteiger charge is -2.35. The molecule has 0 atom stereocenters. The molecule has 1 saturated heterocycles. The van der Waals surface area contributed by atoms with Crippen molar-refractivity contribution in [3.63, 3.8) is 0 Å². The second-order valence-corrected chi connectivity index (χ2v) is 6.68. The SMILES string of the molecule is CC(C)c1noc(CN2CCN(c3ncnc4ccccc34)CC2)n1. The molecule has 3 heterocycles. The molecule has 0 aliphatic carbocycles. The van der Waals surface area contributed by atoms with Crippen LogP contribution in [0.4, 0.5) is 5.82 Å². The van der Waals surface area contributed by atoms with E-state index in [0.29, 0.717) is 18.4 Å². The summed E-state index contributed by atoms with van der Waals surface area (Å²) in [6.45, 7) is 8.57. The quantitative estimate of drug-likeness (QED) is 0.723. The molecule has 4 rings (SSSR count). The van der Waals surface area contributed by atoms with Crippen molar-refractivity contribution in [1.82, 2.24) is 25.0 Å². The number of anilines is 1. The average Bonchev–Trinajstić information content (AvgIpc) is 3.11. The third-order valence-electron chi connectivity index (χ3n) is 4.55. The molecule has 1 aromatic carbocycles. The molecule has 0 bridgehead atoms. The molecule has 130 valence electrons. The van der Waals surface area contributed by atoms with Gasteiger partial charge in [-0.15, -0.1) is 0 Å². The maximum Gasteiger partial charge on any atom is 0.240 e. The van der Waals surface area contributed by atoms with Gasteiger partial charge >= 0.3 is 0 Å². The Balaban J connectivity index is 1.42. The van der Waals surface area contributed by atoms with Gasteiger partial charge in [0.05, 0.1) is 12.1 Å². The van der Waals surface area contributed by atoms with Gasteiger partial charge in [-0.3, -0.25) is 4.90 Å². The van der Waals surface area contributed by atoms with E-state index in [0.717, 1.165) is 48.7 Å². The third-order valence-corrected chi connectivity index (χ3v) is 4.55. The molecule has 1 aliphatic rings. The Bertz CT molecular complexity index is 848. The van der Waals surface area contributed by atoms with E-state index >= 15 is 0 Å². The van der Waals surface area contributed by atoms with Gasteiger partial charge in [0, 0.05) is 37.5 Å². The van der Waals surface area contributed by atoms with Crippen LogP contribution in [0, 0.1) is 0 Å². The lowest BCUT2D eigenvalue weighted by molar-refractivity contribution is 0.215. The zero-order valence-electron chi connectivity index (χ0n) is 14.6. The molecule has 0 radical (unpaired) electrons. The summed E-state index contributed by atoms with van der Waals surface area (Å²) >= 11 is 0. The fraction of sp³-hybridized carbons (Fsp3) is 0.444. The predicted molar refractivity (Wildman–Crippen MR) is 95.4 cm³/mol. The molecule has 2 aromatic heterocycles. The van der Waals surface area contributed by atoms with Gasteiger partial charge in [-0.1, -0.05) is 31.1 Å². The van der Waals surface area contributed by atoms with Crippen molar-refractivity contribution in [2.75, 3.05) is 31.1 Å². The Morgan fingerprint density at radius 3 is 2.64 bits per heavy atom. The Labute approximate surface area is 146 Å². The van der Waals surface area contributed by atoms with Crippen LogP contribution in [-0.2, 0) is 6.54 Å². The first-order valence-electron chi connectivity index (χ1n) is 8.70. The zero-order valence-corrected chi connectivity index (χ0v) is 14.6. The summed E-state index contributed by atoms with van der Waals surface area (Å²) in [4.78, 5) is 18.0. The van der Waals surface area contributed by atoms with E-state index < -0.39 is 0 Å². The molecule has 1 fully saturated rings. The highest BCUT2D eigenvalue weighted by Crippen LogP contribution is 2.23. The Kier molecular flexibility index (Phi) is 4.31. The van der Waals surface area contributed by atoms with E-state index in [1.54, 1.807) is 6.33 Å². The van der Waals surface area contributed by atoms with Crippen LogP contribution in [0.15, 0.2) is 35.1 Å². The van der Waals surface area contributed by atoms with Gasteiger partial charge in [-0.2, -0.15) is 4.98 Å². The number of para-hydroxylation sites is 1. The van der Waals surface area contributed by atoms with Gasteiger partial charge in [0.15, 0.2) is 5.82 Å². The van der Waals surface area contributed by atoms with Crippen molar-refractivity contribution in [3.8, 4) is 0 Å². The van der Waals surface area contributed by atoms with Crippen molar-refractivity contribution >= 4 is 16.7 Å². The van der Waals surface area contributed by atoms with Gasteiger partial charge < -0.3 is 9.42 Å². The van der Waals surface area contributed by atoms with E-state index in [1.165, 1.54) is 0 Å². The first-order valence-corrected chi connectivity index (χ1v) is 8.70. The molecule has 0 spiro atoms. The molecule has 25 heavy (non-hydrogen) atoms. The normalized spacial score (nSPS) is 16.0. The van der Waals surface area contributed by atoms with E-state index in [9.17, 15) is 0 Å². The van der Waals surface area contributed by atoms with Crippen LogP contribution in [-0.4, -0.2) is 51.2 Å². The van der Waals surface area contributed by atoms with Gasteiger partial charge in [0.1, 0.15) is 12.1 Å². The van der Waals surface area contributed by atoms with Crippen LogP contribution in [0.25, 0.3) is 10.9 Å². The van der Waals surface area contributed by atoms with Crippen LogP contribution in [0.5, 0.6) is 0 Å². The molecule has 7 nitrogen and oxygen atoms in total. The van der Waals surface area contributed by atoms with Crippen molar-refractivity contribution in [2.24, 2.45) is 0 Å². The Morgan fingerprint density at radius 2 is 1.88 bits per heavy atom. The molecule has 0 unspecified atom stereocenters. The monoisotopic (exact) mass is 338 g/mol. The molecule has 7 heteroatoms. The van der Waals surface area contributed by atoms with Crippen molar-refractivity contribution < 1.29 is 4.52 Å². The number of rotatable bonds is 4. The smallest absolute Gasteiger partial charge is 0.240 e. The van der Waals surface area contributed by atoms with Crippen LogP contribution in [0.1, 0.15) is 31.5 Å². The number of fused-ring (bicyclic) bond motifs is 1. The number of hydrogen-bond donors (Lipinski definition) is 0. The predicted octanol–water partition coefficient (Wildman–Crippen LogP) is 2.46. The molecule has 0 N–H and O–H groups in total. The number of hydrogen-bond acceptors (Lipinski definition) is 7. The molecule has 3 aromatic rings. The van der Waals surface area contributed by atoms with E-state index in [2.05, 4.69) is 49.8 Å². The second-order valence-electron chi connectivity index (χ2n) is 6.68.